The van der Waals surface area contributed by atoms with Crippen LogP contribution >= 0.6 is 0 Å². The molecule has 0 rings (SSSR count). The average molecular weight is 707 g/mol. The minimum atomic E-state index is -0.271. The number of ether oxygens (including phenoxy) is 2. The first-order valence-corrected chi connectivity index (χ1v) is 23.0. The van der Waals surface area contributed by atoms with Crippen molar-refractivity contribution in [3.05, 3.63) is 0 Å². The zero-order valence-electron chi connectivity index (χ0n) is 34.3. The molecule has 0 radical (unpaired) electrons. The van der Waals surface area contributed by atoms with Crippen molar-refractivity contribution in [2.75, 3.05) is 13.2 Å². The van der Waals surface area contributed by atoms with Crippen LogP contribution in [0.4, 0.5) is 0 Å². The number of hydrogen-bond acceptors (Lipinski definition) is 4. The van der Waals surface area contributed by atoms with Gasteiger partial charge in [-0.25, -0.2) is 0 Å². The highest BCUT2D eigenvalue weighted by Crippen LogP contribution is 2.16. The van der Waals surface area contributed by atoms with Crippen LogP contribution in [0.25, 0.3) is 0 Å². The molecule has 0 spiro atoms. The number of hydrogen-bond donors (Lipinski definition) is 0. The van der Waals surface area contributed by atoms with E-state index in [4.69, 9.17) is 9.47 Å². The fourth-order valence-electron chi connectivity index (χ4n) is 7.08. The summed E-state index contributed by atoms with van der Waals surface area (Å²) in [6.07, 6.45) is 51.8. The van der Waals surface area contributed by atoms with E-state index >= 15 is 0 Å². The lowest BCUT2D eigenvalue weighted by atomic mass is 10.0. The van der Waals surface area contributed by atoms with Crippen LogP contribution in [0, 0.1) is 0 Å². The Labute approximate surface area is 314 Å². The molecule has 0 aromatic rings. The molecule has 0 aliphatic heterocycles. The number of unbranched alkanes of at least 4 members (excludes halogenated alkanes) is 36. The third-order valence-corrected chi connectivity index (χ3v) is 10.6. The van der Waals surface area contributed by atoms with Gasteiger partial charge in [-0.05, 0) is 12.8 Å². The molecular weight excluding hydrogens is 617 g/mol. The molecule has 0 fully saturated rings. The Morgan fingerprint density at radius 3 is 0.600 bits per heavy atom. The molecule has 4 nitrogen and oxygen atoms in total. The molecule has 0 saturated carbocycles. The molecule has 0 aliphatic rings. The van der Waals surface area contributed by atoms with Gasteiger partial charge in [0.15, 0.2) is 0 Å². The van der Waals surface area contributed by atoms with E-state index in [2.05, 4.69) is 13.8 Å². The summed E-state index contributed by atoms with van der Waals surface area (Å²) in [4.78, 5) is 23.9. The lowest BCUT2D eigenvalue weighted by molar-refractivity contribution is -0.150. The fourth-order valence-corrected chi connectivity index (χ4v) is 7.08. The number of rotatable bonds is 43. The van der Waals surface area contributed by atoms with Crippen LogP contribution in [0.3, 0.4) is 0 Å². The molecule has 0 aromatic heterocycles. The van der Waals surface area contributed by atoms with Gasteiger partial charge >= 0.3 is 11.9 Å². The zero-order valence-corrected chi connectivity index (χ0v) is 34.3. The molecule has 298 valence electrons. The summed E-state index contributed by atoms with van der Waals surface area (Å²) >= 11 is 0. The smallest absolute Gasteiger partial charge is 0.306 e. The van der Waals surface area contributed by atoms with E-state index in [0.717, 1.165) is 25.7 Å². The molecule has 50 heavy (non-hydrogen) atoms. The molecule has 0 atom stereocenters. The second-order valence-corrected chi connectivity index (χ2v) is 15.7. The summed E-state index contributed by atoms with van der Waals surface area (Å²) < 4.78 is 10.7. The van der Waals surface area contributed by atoms with Crippen LogP contribution in [0.15, 0.2) is 0 Å². The van der Waals surface area contributed by atoms with Gasteiger partial charge in [-0.3, -0.25) is 9.59 Å². The van der Waals surface area contributed by atoms with E-state index in [9.17, 15) is 9.59 Å². The van der Waals surface area contributed by atoms with E-state index < -0.39 is 0 Å². The van der Waals surface area contributed by atoms with Crippen LogP contribution in [0.2, 0.25) is 0 Å². The van der Waals surface area contributed by atoms with Gasteiger partial charge in [0.25, 0.3) is 0 Å². The molecule has 4 heteroatoms. The summed E-state index contributed by atoms with van der Waals surface area (Å²) in [6.45, 7) is 5.53. The van der Waals surface area contributed by atoms with Crippen molar-refractivity contribution >= 4 is 11.9 Å². The molecule has 0 heterocycles. The Kier molecular flexibility index (Phi) is 43.2. The Balaban J connectivity index is 3.24. The fraction of sp³-hybridized carbons (Fsp3) is 0.957. The predicted molar refractivity (Wildman–Crippen MR) is 218 cm³/mol. The van der Waals surface area contributed by atoms with Crippen LogP contribution in [0.5, 0.6) is 0 Å². The second kappa shape index (κ2) is 44.1. The highest BCUT2D eigenvalue weighted by molar-refractivity contribution is 5.77. The van der Waals surface area contributed by atoms with Crippen LogP contribution in [-0.2, 0) is 19.1 Å². The summed E-state index contributed by atoms with van der Waals surface area (Å²) in [5.41, 5.74) is 0. The molecule has 0 N–H and O–H groups in total. The van der Waals surface area contributed by atoms with Crippen molar-refractivity contribution in [1.29, 1.82) is 0 Å². The minimum Gasteiger partial charge on any atom is -0.466 e. The van der Waals surface area contributed by atoms with Gasteiger partial charge in [-0.2, -0.15) is 0 Å². The van der Waals surface area contributed by atoms with Crippen molar-refractivity contribution in [2.24, 2.45) is 0 Å². The third-order valence-electron chi connectivity index (χ3n) is 10.6. The monoisotopic (exact) mass is 707 g/mol. The summed E-state index contributed by atoms with van der Waals surface area (Å²) in [6, 6.07) is 0. The molecule has 0 amide bonds. The van der Waals surface area contributed by atoms with E-state index in [1.54, 1.807) is 0 Å². The predicted octanol–water partition coefficient (Wildman–Crippen LogP) is 15.7. The molecule has 0 bridgehead atoms. The lowest BCUT2D eigenvalue weighted by Gasteiger charge is -2.07. The molecule has 0 unspecified atom stereocenters. The Hall–Kier alpha value is -1.06. The summed E-state index contributed by atoms with van der Waals surface area (Å²) in [5, 5.41) is 0. The molecule has 0 aromatic carbocycles. The van der Waals surface area contributed by atoms with Crippen molar-refractivity contribution in [3.8, 4) is 0 Å². The van der Waals surface area contributed by atoms with Gasteiger partial charge in [0.1, 0.15) is 0 Å². The maximum absolute atomic E-state index is 12.0. The van der Waals surface area contributed by atoms with Crippen LogP contribution < -0.4 is 0 Å². The highest BCUT2D eigenvalue weighted by Gasteiger charge is 2.09. The maximum atomic E-state index is 12.0. The zero-order chi connectivity index (χ0) is 36.3. The van der Waals surface area contributed by atoms with Crippen LogP contribution in [0.1, 0.15) is 271 Å². The van der Waals surface area contributed by atoms with Crippen LogP contribution in [-0.4, -0.2) is 25.2 Å². The standard InChI is InChI=1S/C46H90O4/c1-3-5-7-9-11-13-15-17-19-21-23-25-27-29-31-33-35-37-39-43-49-45(47)41-42-46(48)50-44-40-38-36-34-32-30-28-26-24-22-20-18-16-14-12-10-8-6-4-2/h3-44H2,1-2H3. The highest BCUT2D eigenvalue weighted by atomic mass is 16.5. The number of carbonyl (C=O) groups is 2. The van der Waals surface area contributed by atoms with Crippen molar-refractivity contribution in [2.45, 2.75) is 271 Å². The van der Waals surface area contributed by atoms with E-state index in [1.165, 1.54) is 218 Å². The van der Waals surface area contributed by atoms with Gasteiger partial charge in [0.2, 0.25) is 0 Å². The van der Waals surface area contributed by atoms with Gasteiger partial charge in [-0.1, -0.05) is 245 Å². The van der Waals surface area contributed by atoms with Gasteiger partial charge in [0.05, 0.1) is 26.1 Å². The summed E-state index contributed by atoms with van der Waals surface area (Å²) in [7, 11) is 0. The maximum Gasteiger partial charge on any atom is 0.306 e. The number of carbonyl (C=O) groups excluding carboxylic acids is 2. The Morgan fingerprint density at radius 1 is 0.260 bits per heavy atom. The Bertz CT molecular complexity index is 607. The third kappa shape index (κ3) is 43.1. The number of esters is 2. The van der Waals surface area contributed by atoms with E-state index in [1.807, 2.05) is 0 Å². The quantitative estimate of drug-likeness (QED) is 0.0468. The SMILES string of the molecule is CCCCCCCCCCCCCCCCCCCCCOC(=O)CCC(=O)OCCCCCCCCCCCCCCCCCCCCC. The molecular formula is C46H90O4. The first kappa shape index (κ1) is 48.9. The van der Waals surface area contributed by atoms with Crippen molar-refractivity contribution < 1.29 is 19.1 Å². The largest absolute Gasteiger partial charge is 0.466 e. The molecule has 0 saturated heterocycles. The van der Waals surface area contributed by atoms with Gasteiger partial charge in [0, 0.05) is 0 Å². The van der Waals surface area contributed by atoms with Gasteiger partial charge in [-0.15, -0.1) is 0 Å². The van der Waals surface area contributed by atoms with E-state index in [-0.39, 0.29) is 24.8 Å². The van der Waals surface area contributed by atoms with Crippen molar-refractivity contribution in [1.82, 2.24) is 0 Å². The minimum absolute atomic E-state index is 0.136. The first-order valence-electron chi connectivity index (χ1n) is 23.0. The second-order valence-electron chi connectivity index (χ2n) is 15.7. The van der Waals surface area contributed by atoms with E-state index in [0.29, 0.717) is 13.2 Å². The first-order chi connectivity index (χ1) is 24.7. The van der Waals surface area contributed by atoms with Crippen molar-refractivity contribution in [3.63, 3.8) is 0 Å². The summed E-state index contributed by atoms with van der Waals surface area (Å²) in [5.74, 6) is -0.541. The average Bonchev–Trinajstić information content (AvgIpc) is 3.12. The topological polar surface area (TPSA) is 52.6 Å². The normalized spacial score (nSPS) is 11.3. The lowest BCUT2D eigenvalue weighted by Crippen LogP contribution is -2.11. The Morgan fingerprint density at radius 2 is 0.420 bits per heavy atom. The molecule has 0 aliphatic carbocycles. The van der Waals surface area contributed by atoms with Gasteiger partial charge < -0.3 is 9.47 Å².